The van der Waals surface area contributed by atoms with Gasteiger partial charge in [-0.15, -0.1) is 0 Å². The first kappa shape index (κ1) is 18.4. The number of hydrogen-bond donors (Lipinski definition) is 0. The van der Waals surface area contributed by atoms with Gasteiger partial charge in [-0.25, -0.2) is 0 Å². The Morgan fingerprint density at radius 3 is 2.75 bits per heavy atom. The van der Waals surface area contributed by atoms with Crippen LogP contribution in [0.4, 0.5) is 5.69 Å². The second-order valence-electron chi connectivity index (χ2n) is 8.15. The predicted octanol–water partition coefficient (Wildman–Crippen LogP) is 5.16. The summed E-state index contributed by atoms with van der Waals surface area (Å²) in [4.78, 5) is 11.5. The number of nitriles is 1. The van der Waals surface area contributed by atoms with Crippen molar-refractivity contribution in [1.29, 1.82) is 5.26 Å². The molecule has 2 aromatic heterocycles. The van der Waals surface area contributed by atoms with Gasteiger partial charge in [0.15, 0.2) is 0 Å². The molecule has 0 saturated carbocycles. The molecule has 0 amide bonds. The van der Waals surface area contributed by atoms with Gasteiger partial charge in [-0.3, -0.25) is 9.97 Å². The topological polar surface area (TPSA) is 52.8 Å². The van der Waals surface area contributed by atoms with E-state index in [0.29, 0.717) is 23.3 Å². The number of nitrogens with zero attached hydrogens (tertiary/aromatic N) is 4. The number of benzene rings is 1. The molecule has 0 aliphatic carbocycles. The summed E-state index contributed by atoms with van der Waals surface area (Å²) in [5.74, 6) is 1.72. The summed E-state index contributed by atoms with van der Waals surface area (Å²) in [5.41, 5.74) is 3.83. The number of rotatable bonds is 4. The standard InChI is InChI=1S/C24H26N4/c1-17-12-19(13-18(2)22-7-3-4-10-26-22)16-28(15-17)23-9-8-20(14-25)24-21(23)6-5-11-27-24/h3-11,17-19H,12-13,15-16H2,1-2H3/t17-,18?,19-/m0/s1. The Balaban J connectivity index is 1.59. The predicted molar refractivity (Wildman–Crippen MR) is 113 cm³/mol. The van der Waals surface area contributed by atoms with Crippen LogP contribution in [-0.2, 0) is 0 Å². The molecule has 3 aromatic rings. The van der Waals surface area contributed by atoms with Crippen molar-refractivity contribution in [2.24, 2.45) is 11.8 Å². The Morgan fingerprint density at radius 1 is 1.11 bits per heavy atom. The molecule has 1 fully saturated rings. The van der Waals surface area contributed by atoms with Gasteiger partial charge in [0.1, 0.15) is 6.07 Å². The van der Waals surface area contributed by atoms with Crippen molar-refractivity contribution in [3.63, 3.8) is 0 Å². The minimum Gasteiger partial charge on any atom is -0.370 e. The number of anilines is 1. The van der Waals surface area contributed by atoms with Crippen LogP contribution >= 0.6 is 0 Å². The molecule has 1 unspecified atom stereocenters. The molecule has 1 saturated heterocycles. The molecule has 3 atom stereocenters. The van der Waals surface area contributed by atoms with E-state index in [1.54, 1.807) is 6.20 Å². The van der Waals surface area contributed by atoms with Crippen molar-refractivity contribution in [2.75, 3.05) is 18.0 Å². The summed E-state index contributed by atoms with van der Waals surface area (Å²) < 4.78 is 0. The van der Waals surface area contributed by atoms with E-state index >= 15 is 0 Å². The maximum atomic E-state index is 9.42. The summed E-state index contributed by atoms with van der Waals surface area (Å²) >= 11 is 0. The molecule has 0 radical (unpaired) electrons. The average molecular weight is 371 g/mol. The molecular weight excluding hydrogens is 344 g/mol. The molecule has 1 aliphatic rings. The van der Waals surface area contributed by atoms with Gasteiger partial charge in [-0.1, -0.05) is 19.9 Å². The number of pyridine rings is 2. The van der Waals surface area contributed by atoms with Crippen molar-refractivity contribution in [2.45, 2.75) is 32.6 Å². The van der Waals surface area contributed by atoms with Gasteiger partial charge in [0.2, 0.25) is 0 Å². The molecule has 1 aromatic carbocycles. The van der Waals surface area contributed by atoms with E-state index in [9.17, 15) is 5.26 Å². The molecule has 28 heavy (non-hydrogen) atoms. The zero-order valence-electron chi connectivity index (χ0n) is 16.5. The van der Waals surface area contributed by atoms with Gasteiger partial charge in [-0.2, -0.15) is 5.26 Å². The third-order valence-corrected chi connectivity index (χ3v) is 5.83. The van der Waals surface area contributed by atoms with Crippen LogP contribution in [0, 0.1) is 23.2 Å². The summed E-state index contributed by atoms with van der Waals surface area (Å²) in [6, 6.07) is 16.5. The largest absolute Gasteiger partial charge is 0.370 e. The van der Waals surface area contributed by atoms with E-state index in [2.05, 4.69) is 59.1 Å². The second kappa shape index (κ2) is 7.98. The lowest BCUT2D eigenvalue weighted by Gasteiger charge is -2.39. The fourth-order valence-electron chi connectivity index (χ4n) is 4.66. The highest BCUT2D eigenvalue weighted by molar-refractivity contribution is 5.95. The highest BCUT2D eigenvalue weighted by Crippen LogP contribution is 2.35. The van der Waals surface area contributed by atoms with E-state index in [1.807, 2.05) is 24.4 Å². The zero-order valence-corrected chi connectivity index (χ0v) is 16.5. The van der Waals surface area contributed by atoms with E-state index in [4.69, 9.17) is 0 Å². The first-order valence-electron chi connectivity index (χ1n) is 10.1. The van der Waals surface area contributed by atoms with Crippen LogP contribution in [0.3, 0.4) is 0 Å². The molecule has 3 heterocycles. The lowest BCUT2D eigenvalue weighted by atomic mass is 9.83. The SMILES string of the molecule is CC(C[C@@H]1C[C@H](C)CN(c2ccc(C#N)c3ncccc23)C1)c1ccccn1. The molecule has 1 aliphatic heterocycles. The molecule has 142 valence electrons. The van der Waals surface area contributed by atoms with Crippen molar-refractivity contribution in [3.8, 4) is 6.07 Å². The van der Waals surface area contributed by atoms with Gasteiger partial charge in [0, 0.05) is 42.3 Å². The van der Waals surface area contributed by atoms with Crippen LogP contribution in [0.2, 0.25) is 0 Å². The third-order valence-electron chi connectivity index (χ3n) is 5.83. The molecule has 0 spiro atoms. The summed E-state index contributed by atoms with van der Waals surface area (Å²) in [7, 11) is 0. The van der Waals surface area contributed by atoms with Crippen molar-refractivity contribution < 1.29 is 0 Å². The molecule has 0 bridgehead atoms. The van der Waals surface area contributed by atoms with Gasteiger partial charge in [-0.05, 0) is 67.0 Å². The maximum absolute atomic E-state index is 9.42. The monoisotopic (exact) mass is 370 g/mol. The van der Waals surface area contributed by atoms with Crippen LogP contribution in [-0.4, -0.2) is 23.1 Å². The fourth-order valence-corrected chi connectivity index (χ4v) is 4.66. The number of hydrogen-bond acceptors (Lipinski definition) is 4. The van der Waals surface area contributed by atoms with Crippen LogP contribution in [0.15, 0.2) is 54.9 Å². The lowest BCUT2D eigenvalue weighted by molar-refractivity contribution is 0.306. The van der Waals surface area contributed by atoms with Gasteiger partial charge < -0.3 is 4.90 Å². The van der Waals surface area contributed by atoms with Gasteiger partial charge in [0.25, 0.3) is 0 Å². The van der Waals surface area contributed by atoms with Crippen molar-refractivity contribution in [1.82, 2.24) is 9.97 Å². The highest BCUT2D eigenvalue weighted by atomic mass is 15.1. The van der Waals surface area contributed by atoms with Crippen molar-refractivity contribution in [3.05, 3.63) is 66.1 Å². The van der Waals surface area contributed by atoms with E-state index in [0.717, 1.165) is 30.4 Å². The molecular formula is C24H26N4. The Bertz CT molecular complexity index is 992. The molecule has 4 nitrogen and oxygen atoms in total. The third kappa shape index (κ3) is 3.71. The quantitative estimate of drug-likeness (QED) is 0.637. The molecule has 0 N–H and O–H groups in total. The Morgan fingerprint density at radius 2 is 1.96 bits per heavy atom. The Labute approximate surface area is 166 Å². The Hall–Kier alpha value is -2.93. The minimum atomic E-state index is 0.456. The molecule has 4 rings (SSSR count). The van der Waals surface area contributed by atoms with Crippen LogP contribution in [0.5, 0.6) is 0 Å². The first-order chi connectivity index (χ1) is 13.7. The smallest absolute Gasteiger partial charge is 0.101 e. The lowest BCUT2D eigenvalue weighted by Crippen LogP contribution is -2.40. The molecule has 4 heteroatoms. The minimum absolute atomic E-state index is 0.456. The average Bonchev–Trinajstić information content (AvgIpc) is 2.73. The van der Waals surface area contributed by atoms with Crippen LogP contribution in [0.1, 0.15) is 43.9 Å². The number of piperidine rings is 1. The second-order valence-corrected chi connectivity index (χ2v) is 8.15. The van der Waals surface area contributed by atoms with Crippen LogP contribution < -0.4 is 4.90 Å². The zero-order chi connectivity index (χ0) is 19.5. The Kier molecular flexibility index (Phi) is 5.25. The number of fused-ring (bicyclic) bond motifs is 1. The maximum Gasteiger partial charge on any atom is 0.101 e. The normalized spacial score (nSPS) is 20.7. The van der Waals surface area contributed by atoms with Crippen molar-refractivity contribution >= 4 is 16.6 Å². The summed E-state index contributed by atoms with van der Waals surface area (Å²) in [6.07, 6.45) is 6.05. The van der Waals surface area contributed by atoms with Gasteiger partial charge in [0.05, 0.1) is 11.1 Å². The van der Waals surface area contributed by atoms with E-state index in [-0.39, 0.29) is 0 Å². The summed E-state index contributed by atoms with van der Waals surface area (Å²) in [5, 5.41) is 10.5. The van der Waals surface area contributed by atoms with E-state index < -0.39 is 0 Å². The van der Waals surface area contributed by atoms with Crippen LogP contribution in [0.25, 0.3) is 10.9 Å². The highest BCUT2D eigenvalue weighted by Gasteiger charge is 2.28. The summed E-state index contributed by atoms with van der Waals surface area (Å²) in [6.45, 7) is 6.71. The van der Waals surface area contributed by atoms with Gasteiger partial charge >= 0.3 is 0 Å². The fraction of sp³-hybridized carbons (Fsp3) is 0.375. The first-order valence-corrected chi connectivity index (χ1v) is 10.1. The van der Waals surface area contributed by atoms with E-state index in [1.165, 1.54) is 17.8 Å². The number of aromatic nitrogens is 2.